The summed E-state index contributed by atoms with van der Waals surface area (Å²) in [5.74, 6) is 3.30. The third-order valence-corrected chi connectivity index (χ3v) is 6.67. The number of hydrogen-bond acceptors (Lipinski definition) is 6. The second kappa shape index (κ2) is 10.5. The lowest BCUT2D eigenvalue weighted by molar-refractivity contribution is 0.218. The number of nitrogens with zero attached hydrogens (tertiary/aromatic N) is 4. The van der Waals surface area contributed by atoms with Crippen molar-refractivity contribution in [3.63, 3.8) is 0 Å². The molecule has 3 atom stereocenters. The van der Waals surface area contributed by atoms with Crippen LogP contribution in [0.1, 0.15) is 44.2 Å². The number of nitriles is 1. The zero-order chi connectivity index (χ0) is 23.2. The molecular weight excluding hydrogens is 410 g/mol. The lowest BCUT2D eigenvalue weighted by Gasteiger charge is -2.37. The van der Waals surface area contributed by atoms with Crippen LogP contribution in [0.3, 0.4) is 0 Å². The number of aromatic nitrogens is 3. The average Bonchev–Trinajstić information content (AvgIpc) is 3.30. The van der Waals surface area contributed by atoms with Crippen LogP contribution < -0.4 is 5.32 Å². The molecular formula is C27H31N5O. The maximum Gasteiger partial charge on any atom is 0.249 e. The molecule has 1 aromatic carbocycles. The van der Waals surface area contributed by atoms with Gasteiger partial charge >= 0.3 is 0 Å². The van der Waals surface area contributed by atoms with Gasteiger partial charge in [-0.25, -0.2) is 0 Å². The molecule has 4 rings (SSSR count). The highest BCUT2D eigenvalue weighted by molar-refractivity contribution is 5.49. The zero-order valence-corrected chi connectivity index (χ0v) is 19.5. The molecule has 170 valence electrons. The van der Waals surface area contributed by atoms with Gasteiger partial charge in [0.15, 0.2) is 0 Å². The van der Waals surface area contributed by atoms with Crippen LogP contribution in [0, 0.1) is 35.0 Å². The highest BCUT2D eigenvalue weighted by Crippen LogP contribution is 2.38. The Morgan fingerprint density at radius 3 is 2.70 bits per heavy atom. The minimum absolute atomic E-state index is 0.411. The molecule has 1 aliphatic rings. The summed E-state index contributed by atoms with van der Waals surface area (Å²) in [5, 5.41) is 21.1. The van der Waals surface area contributed by atoms with Crippen molar-refractivity contribution in [2.75, 3.05) is 6.54 Å². The van der Waals surface area contributed by atoms with Gasteiger partial charge in [0.05, 0.1) is 17.2 Å². The highest BCUT2D eigenvalue weighted by atomic mass is 16.4. The van der Waals surface area contributed by atoms with Crippen molar-refractivity contribution in [3.8, 4) is 17.5 Å². The zero-order valence-electron chi connectivity index (χ0n) is 19.5. The molecule has 0 spiro atoms. The summed E-state index contributed by atoms with van der Waals surface area (Å²) < 4.78 is 5.95. The van der Waals surface area contributed by atoms with Crippen molar-refractivity contribution < 1.29 is 4.42 Å². The van der Waals surface area contributed by atoms with Gasteiger partial charge in [-0.1, -0.05) is 37.6 Å². The Bertz CT molecular complexity index is 1110. The molecule has 3 aromatic rings. The molecule has 0 saturated carbocycles. The average molecular weight is 442 g/mol. The summed E-state index contributed by atoms with van der Waals surface area (Å²) in [6, 6.07) is 13.8. The molecule has 1 aliphatic carbocycles. The Labute approximate surface area is 195 Å². The quantitative estimate of drug-likeness (QED) is 0.484. The van der Waals surface area contributed by atoms with Crippen molar-refractivity contribution in [2.24, 2.45) is 23.7 Å². The fourth-order valence-corrected chi connectivity index (χ4v) is 4.74. The van der Waals surface area contributed by atoms with Gasteiger partial charge in [0.2, 0.25) is 11.8 Å². The Kier molecular flexibility index (Phi) is 7.31. The van der Waals surface area contributed by atoms with E-state index in [0.29, 0.717) is 41.0 Å². The minimum Gasteiger partial charge on any atom is -0.421 e. The van der Waals surface area contributed by atoms with E-state index in [4.69, 9.17) is 9.68 Å². The number of allylic oxidation sites excluding steroid dienone is 1. The van der Waals surface area contributed by atoms with Gasteiger partial charge < -0.3 is 9.73 Å². The van der Waals surface area contributed by atoms with Crippen LogP contribution in [0.25, 0.3) is 11.5 Å². The van der Waals surface area contributed by atoms with Crippen LogP contribution in [0.15, 0.2) is 64.9 Å². The second-order valence-corrected chi connectivity index (χ2v) is 9.30. The van der Waals surface area contributed by atoms with Gasteiger partial charge in [-0.05, 0) is 66.8 Å². The minimum atomic E-state index is 0.411. The molecule has 0 bridgehead atoms. The van der Waals surface area contributed by atoms with Gasteiger partial charge in [-0.2, -0.15) is 5.26 Å². The molecule has 0 unspecified atom stereocenters. The first-order chi connectivity index (χ1) is 16.0. The predicted octanol–water partition coefficient (Wildman–Crippen LogP) is 5.19. The summed E-state index contributed by atoms with van der Waals surface area (Å²) in [6.45, 7) is 8.61. The molecule has 0 fully saturated rings. The number of benzene rings is 1. The van der Waals surface area contributed by atoms with E-state index in [1.165, 1.54) is 11.1 Å². The number of hydrogen-bond donors (Lipinski definition) is 1. The summed E-state index contributed by atoms with van der Waals surface area (Å²) in [7, 11) is 0. The molecule has 33 heavy (non-hydrogen) atoms. The topological polar surface area (TPSA) is 87.6 Å². The van der Waals surface area contributed by atoms with Crippen molar-refractivity contribution >= 4 is 0 Å². The Morgan fingerprint density at radius 1 is 1.18 bits per heavy atom. The largest absolute Gasteiger partial charge is 0.421 e. The third kappa shape index (κ3) is 5.74. The van der Waals surface area contributed by atoms with Crippen LogP contribution >= 0.6 is 0 Å². The molecule has 0 saturated heterocycles. The van der Waals surface area contributed by atoms with E-state index in [1.54, 1.807) is 12.4 Å². The molecule has 0 aliphatic heterocycles. The van der Waals surface area contributed by atoms with Crippen molar-refractivity contribution in [2.45, 2.75) is 40.2 Å². The number of nitrogens with one attached hydrogen (secondary N) is 1. The van der Waals surface area contributed by atoms with Crippen LogP contribution in [0.2, 0.25) is 0 Å². The van der Waals surface area contributed by atoms with Crippen LogP contribution in [-0.2, 0) is 13.0 Å². The SMILES string of the molecule is CC1=C[C@@H](CNCc2ccc(C#N)cc2)[C@H](C(C)C)C[C@H]1Cc1nnc(-c2cccnc2)o1. The first-order valence-electron chi connectivity index (χ1n) is 11.6. The van der Waals surface area contributed by atoms with E-state index < -0.39 is 0 Å². The smallest absolute Gasteiger partial charge is 0.249 e. The highest BCUT2D eigenvalue weighted by Gasteiger charge is 2.32. The first-order valence-corrected chi connectivity index (χ1v) is 11.6. The van der Waals surface area contributed by atoms with Crippen molar-refractivity contribution in [3.05, 3.63) is 77.5 Å². The number of pyridine rings is 1. The van der Waals surface area contributed by atoms with E-state index >= 15 is 0 Å². The summed E-state index contributed by atoms with van der Waals surface area (Å²) in [4.78, 5) is 4.13. The van der Waals surface area contributed by atoms with E-state index in [1.807, 2.05) is 36.4 Å². The molecule has 6 nitrogen and oxygen atoms in total. The maximum absolute atomic E-state index is 8.96. The fourth-order valence-electron chi connectivity index (χ4n) is 4.74. The standard InChI is InChI=1S/C27H31N5O/c1-18(2)25-12-23(13-26-31-32-27(33-26)22-5-4-10-29-16-22)19(3)11-24(25)17-30-15-21-8-6-20(14-28)7-9-21/h4-11,16,18,23-25,30H,12-13,15,17H2,1-3H3/t23-,24-,25-/m0/s1. The van der Waals surface area contributed by atoms with Gasteiger partial charge in [0.25, 0.3) is 0 Å². The van der Waals surface area contributed by atoms with Crippen molar-refractivity contribution in [1.82, 2.24) is 20.5 Å². The van der Waals surface area contributed by atoms with E-state index in [9.17, 15) is 0 Å². The normalized spacial score (nSPS) is 20.5. The summed E-state index contributed by atoms with van der Waals surface area (Å²) in [5.41, 5.74) is 4.15. The molecule has 6 heteroatoms. The molecule has 0 amide bonds. The second-order valence-electron chi connectivity index (χ2n) is 9.30. The molecule has 2 heterocycles. The van der Waals surface area contributed by atoms with Crippen LogP contribution in [0.5, 0.6) is 0 Å². The van der Waals surface area contributed by atoms with E-state index in [2.05, 4.69) is 53.4 Å². The summed E-state index contributed by atoms with van der Waals surface area (Å²) >= 11 is 0. The van der Waals surface area contributed by atoms with Gasteiger partial charge in [-0.15, -0.1) is 10.2 Å². The van der Waals surface area contributed by atoms with E-state index in [-0.39, 0.29) is 0 Å². The molecule has 0 radical (unpaired) electrons. The lowest BCUT2D eigenvalue weighted by Crippen LogP contribution is -2.34. The molecule has 1 N–H and O–H groups in total. The third-order valence-electron chi connectivity index (χ3n) is 6.67. The van der Waals surface area contributed by atoms with Crippen molar-refractivity contribution in [1.29, 1.82) is 5.26 Å². The lowest BCUT2D eigenvalue weighted by atomic mass is 9.70. The molecule has 2 aromatic heterocycles. The Balaban J connectivity index is 1.39. The Morgan fingerprint density at radius 2 is 2.00 bits per heavy atom. The predicted molar refractivity (Wildman–Crippen MR) is 128 cm³/mol. The summed E-state index contributed by atoms with van der Waals surface area (Å²) in [6.07, 6.45) is 7.81. The van der Waals surface area contributed by atoms with Gasteiger partial charge in [0.1, 0.15) is 0 Å². The number of rotatable bonds is 8. The maximum atomic E-state index is 8.96. The van der Waals surface area contributed by atoms with Gasteiger partial charge in [0, 0.05) is 31.9 Å². The van der Waals surface area contributed by atoms with Gasteiger partial charge in [-0.3, -0.25) is 4.98 Å². The first kappa shape index (κ1) is 22.9. The fraction of sp³-hybridized carbons (Fsp3) is 0.407. The van der Waals surface area contributed by atoms with E-state index in [0.717, 1.165) is 31.5 Å². The monoisotopic (exact) mass is 441 g/mol. The van der Waals surface area contributed by atoms with Crippen LogP contribution in [-0.4, -0.2) is 21.7 Å². The van der Waals surface area contributed by atoms with Crippen LogP contribution in [0.4, 0.5) is 0 Å². The Hall–Kier alpha value is -3.30.